The van der Waals surface area contributed by atoms with E-state index in [0.717, 1.165) is 47.9 Å². The fourth-order valence-corrected chi connectivity index (χ4v) is 3.99. The lowest BCUT2D eigenvalue weighted by Gasteiger charge is -2.20. The third-order valence-electron chi connectivity index (χ3n) is 5.08. The first-order chi connectivity index (χ1) is 11.5. The molecule has 0 heterocycles. The third-order valence-corrected chi connectivity index (χ3v) is 5.08. The molecule has 4 rings (SSSR count). The topological polar surface area (TPSA) is 20.2 Å². The van der Waals surface area contributed by atoms with E-state index < -0.39 is 18.3 Å². The molecule has 1 aliphatic rings. The minimum atomic E-state index is -4.47. The van der Waals surface area contributed by atoms with E-state index in [1.54, 1.807) is 0 Å². The molecule has 0 bridgehead atoms. The summed E-state index contributed by atoms with van der Waals surface area (Å²) in [5.41, 5.74) is 1.77. The van der Waals surface area contributed by atoms with E-state index in [9.17, 15) is 18.3 Å². The van der Waals surface area contributed by atoms with Gasteiger partial charge in [-0.1, -0.05) is 30.3 Å². The molecule has 1 aliphatic carbocycles. The van der Waals surface area contributed by atoms with Gasteiger partial charge >= 0.3 is 6.18 Å². The number of aliphatic hydroxyl groups excluding tert-OH is 1. The predicted molar refractivity (Wildman–Crippen MR) is 89.0 cm³/mol. The van der Waals surface area contributed by atoms with Crippen LogP contribution >= 0.6 is 0 Å². The molecule has 0 aromatic heterocycles. The molecule has 0 saturated carbocycles. The SMILES string of the molecule is OCc1c(C(F)(F)F)ccc2ccc3c4c(ccc3c12)CCCC4. The monoisotopic (exact) mass is 330 g/mol. The second kappa shape index (κ2) is 5.49. The average molecular weight is 330 g/mol. The van der Waals surface area contributed by atoms with Crippen LogP contribution in [0.4, 0.5) is 13.2 Å². The molecule has 0 spiro atoms. The van der Waals surface area contributed by atoms with Crippen LogP contribution in [0.15, 0.2) is 36.4 Å². The zero-order valence-corrected chi connectivity index (χ0v) is 13.1. The van der Waals surface area contributed by atoms with Gasteiger partial charge in [0.2, 0.25) is 0 Å². The molecule has 0 fully saturated rings. The van der Waals surface area contributed by atoms with Crippen LogP contribution in [0.2, 0.25) is 0 Å². The van der Waals surface area contributed by atoms with Crippen molar-refractivity contribution in [3.8, 4) is 0 Å². The molecule has 124 valence electrons. The number of aliphatic hydroxyl groups is 1. The van der Waals surface area contributed by atoms with Crippen molar-refractivity contribution < 1.29 is 18.3 Å². The summed E-state index contributed by atoms with van der Waals surface area (Å²) >= 11 is 0. The minimum Gasteiger partial charge on any atom is -0.392 e. The van der Waals surface area contributed by atoms with Crippen molar-refractivity contribution in [2.75, 3.05) is 0 Å². The lowest BCUT2D eigenvalue weighted by Crippen LogP contribution is -2.10. The summed E-state index contributed by atoms with van der Waals surface area (Å²) in [5.74, 6) is 0. The van der Waals surface area contributed by atoms with Gasteiger partial charge in [-0.2, -0.15) is 13.2 Å². The highest BCUT2D eigenvalue weighted by molar-refractivity contribution is 6.10. The highest BCUT2D eigenvalue weighted by Crippen LogP contribution is 2.40. The maximum Gasteiger partial charge on any atom is 0.416 e. The quantitative estimate of drug-likeness (QED) is 0.594. The molecule has 0 unspecified atom stereocenters. The number of halogens is 3. The average Bonchev–Trinajstić information content (AvgIpc) is 2.59. The Labute approximate surface area is 137 Å². The van der Waals surface area contributed by atoms with Crippen molar-refractivity contribution in [1.82, 2.24) is 0 Å². The van der Waals surface area contributed by atoms with Crippen LogP contribution in [0.25, 0.3) is 21.5 Å². The van der Waals surface area contributed by atoms with Crippen LogP contribution in [0.5, 0.6) is 0 Å². The first kappa shape index (κ1) is 15.5. The van der Waals surface area contributed by atoms with Gasteiger partial charge in [0, 0.05) is 0 Å². The van der Waals surface area contributed by atoms with Gasteiger partial charge in [0.1, 0.15) is 0 Å². The van der Waals surface area contributed by atoms with Crippen molar-refractivity contribution >= 4 is 21.5 Å². The number of rotatable bonds is 1. The Morgan fingerprint density at radius 3 is 2.33 bits per heavy atom. The first-order valence-corrected chi connectivity index (χ1v) is 8.18. The summed E-state index contributed by atoms with van der Waals surface area (Å²) in [6.45, 7) is -0.623. The van der Waals surface area contributed by atoms with E-state index in [-0.39, 0.29) is 5.56 Å². The molecule has 0 atom stereocenters. The maximum absolute atomic E-state index is 13.3. The summed E-state index contributed by atoms with van der Waals surface area (Å²) < 4.78 is 40.0. The third kappa shape index (κ3) is 2.28. The fraction of sp³-hybridized carbons (Fsp3) is 0.300. The van der Waals surface area contributed by atoms with E-state index >= 15 is 0 Å². The Morgan fingerprint density at radius 1 is 0.875 bits per heavy atom. The molecule has 0 aliphatic heterocycles. The molecule has 1 N–H and O–H groups in total. The second-order valence-corrected chi connectivity index (χ2v) is 6.42. The highest BCUT2D eigenvalue weighted by atomic mass is 19.4. The molecule has 0 radical (unpaired) electrons. The Balaban J connectivity index is 2.13. The highest BCUT2D eigenvalue weighted by Gasteiger charge is 2.34. The molecule has 1 nitrogen and oxygen atoms in total. The smallest absolute Gasteiger partial charge is 0.392 e. The van der Waals surface area contributed by atoms with Gasteiger partial charge in [0.05, 0.1) is 12.2 Å². The predicted octanol–water partition coefficient (Wildman–Crippen LogP) is 5.38. The zero-order valence-electron chi connectivity index (χ0n) is 13.1. The number of hydrogen-bond acceptors (Lipinski definition) is 1. The summed E-state index contributed by atoms with van der Waals surface area (Å²) in [7, 11) is 0. The first-order valence-electron chi connectivity index (χ1n) is 8.18. The van der Waals surface area contributed by atoms with Crippen LogP contribution in [0.3, 0.4) is 0 Å². The largest absolute Gasteiger partial charge is 0.416 e. The van der Waals surface area contributed by atoms with Crippen molar-refractivity contribution in [3.63, 3.8) is 0 Å². The Bertz CT molecular complexity index is 941. The van der Waals surface area contributed by atoms with Crippen molar-refractivity contribution in [1.29, 1.82) is 0 Å². The Hall–Kier alpha value is -2.07. The fourth-order valence-electron chi connectivity index (χ4n) is 3.99. The molecule has 0 saturated heterocycles. The van der Waals surface area contributed by atoms with Crippen LogP contribution in [0, 0.1) is 0 Å². The normalized spacial score (nSPS) is 15.0. The van der Waals surface area contributed by atoms with E-state index in [2.05, 4.69) is 0 Å². The standard InChI is InChI=1S/C20H17F3O/c21-20(22,23)18-10-7-13-6-8-15-14-4-2-1-3-12(14)5-9-16(15)19(13)17(18)11-24/h5-10,24H,1-4,11H2. The van der Waals surface area contributed by atoms with Crippen molar-refractivity contribution in [2.45, 2.75) is 38.5 Å². The number of benzene rings is 3. The van der Waals surface area contributed by atoms with Crippen molar-refractivity contribution in [3.05, 3.63) is 58.7 Å². The molecule has 4 heteroatoms. The van der Waals surface area contributed by atoms with Gasteiger partial charge in [0.25, 0.3) is 0 Å². The Morgan fingerprint density at radius 2 is 1.58 bits per heavy atom. The van der Waals surface area contributed by atoms with Crippen LogP contribution in [-0.2, 0) is 25.6 Å². The van der Waals surface area contributed by atoms with Gasteiger partial charge in [-0.15, -0.1) is 0 Å². The number of fused-ring (bicyclic) bond motifs is 5. The molecule has 3 aromatic carbocycles. The lowest BCUT2D eigenvalue weighted by atomic mass is 9.85. The van der Waals surface area contributed by atoms with Gasteiger partial charge in [-0.25, -0.2) is 0 Å². The van der Waals surface area contributed by atoms with Crippen LogP contribution < -0.4 is 0 Å². The summed E-state index contributed by atoms with van der Waals surface area (Å²) in [6.07, 6.45) is -0.210. The van der Waals surface area contributed by atoms with E-state index in [0.29, 0.717) is 5.39 Å². The van der Waals surface area contributed by atoms with Gasteiger partial charge in [0.15, 0.2) is 0 Å². The lowest BCUT2D eigenvalue weighted by molar-refractivity contribution is -0.138. The van der Waals surface area contributed by atoms with Gasteiger partial charge < -0.3 is 5.11 Å². The van der Waals surface area contributed by atoms with E-state index in [1.165, 1.54) is 17.2 Å². The summed E-state index contributed by atoms with van der Waals surface area (Å²) in [6, 6.07) is 10.4. The molecule has 0 amide bonds. The van der Waals surface area contributed by atoms with Crippen molar-refractivity contribution in [2.24, 2.45) is 0 Å². The number of aryl methyl sites for hydroxylation is 2. The summed E-state index contributed by atoms with van der Waals surface area (Å²) in [4.78, 5) is 0. The number of hydrogen-bond donors (Lipinski definition) is 1. The van der Waals surface area contributed by atoms with E-state index in [4.69, 9.17) is 0 Å². The van der Waals surface area contributed by atoms with Crippen LogP contribution in [-0.4, -0.2) is 5.11 Å². The minimum absolute atomic E-state index is 0.0265. The molecule has 3 aromatic rings. The van der Waals surface area contributed by atoms with Gasteiger partial charge in [-0.05, 0) is 70.0 Å². The Kier molecular flexibility index (Phi) is 3.53. The van der Waals surface area contributed by atoms with Crippen LogP contribution in [0.1, 0.15) is 35.1 Å². The number of alkyl halides is 3. The zero-order chi connectivity index (χ0) is 16.9. The molecular weight excluding hydrogens is 313 g/mol. The second-order valence-electron chi connectivity index (χ2n) is 6.42. The molecular formula is C20H17F3O. The van der Waals surface area contributed by atoms with Gasteiger partial charge in [-0.3, -0.25) is 0 Å². The van der Waals surface area contributed by atoms with E-state index in [1.807, 2.05) is 24.3 Å². The maximum atomic E-state index is 13.3. The molecule has 24 heavy (non-hydrogen) atoms. The summed E-state index contributed by atoms with van der Waals surface area (Å²) in [5, 5.41) is 12.8.